The first-order valence-electron chi connectivity index (χ1n) is 6.88. The van der Waals surface area contributed by atoms with Crippen LogP contribution in [-0.2, 0) is 0 Å². The molecule has 1 aromatic heterocycles. The molecule has 1 heterocycles. The second-order valence-corrected chi connectivity index (χ2v) is 4.95. The Labute approximate surface area is 123 Å². The van der Waals surface area contributed by atoms with Gasteiger partial charge in [0.2, 0.25) is 0 Å². The second kappa shape index (κ2) is 6.83. The fourth-order valence-corrected chi connectivity index (χ4v) is 1.66. The van der Waals surface area contributed by atoms with E-state index in [2.05, 4.69) is 23.8 Å². The van der Waals surface area contributed by atoms with Crippen LogP contribution in [0.2, 0.25) is 0 Å². The van der Waals surface area contributed by atoms with Crippen LogP contribution in [0, 0.1) is 5.92 Å². The molecule has 0 aliphatic rings. The monoisotopic (exact) mass is 286 g/mol. The normalized spacial score (nSPS) is 11.9. The number of ether oxygens (including phenoxy) is 1. The molecular formula is C16H18N2O3. The van der Waals surface area contributed by atoms with Crippen LogP contribution in [0.5, 0.6) is 5.75 Å². The number of hydrogen-bond donors (Lipinski definition) is 1. The van der Waals surface area contributed by atoms with E-state index in [1.807, 2.05) is 0 Å². The van der Waals surface area contributed by atoms with Crippen molar-refractivity contribution in [3.05, 3.63) is 42.2 Å². The average molecular weight is 286 g/mol. The lowest BCUT2D eigenvalue weighted by Crippen LogP contribution is -2.07. The molecule has 0 saturated carbocycles. The van der Waals surface area contributed by atoms with Crippen molar-refractivity contribution < 1.29 is 14.6 Å². The molecule has 1 aromatic carbocycles. The van der Waals surface area contributed by atoms with Crippen LogP contribution in [0.3, 0.4) is 0 Å². The lowest BCUT2D eigenvalue weighted by atomic mass is 10.1. The number of carboxylic acid groups (broad SMARTS) is 1. The Morgan fingerprint density at radius 3 is 2.38 bits per heavy atom. The van der Waals surface area contributed by atoms with E-state index >= 15 is 0 Å². The van der Waals surface area contributed by atoms with Crippen molar-refractivity contribution in [2.45, 2.75) is 20.3 Å². The van der Waals surface area contributed by atoms with Crippen molar-refractivity contribution in [2.24, 2.45) is 5.92 Å². The zero-order valence-corrected chi connectivity index (χ0v) is 12.1. The van der Waals surface area contributed by atoms with Crippen molar-refractivity contribution >= 4 is 5.97 Å². The summed E-state index contributed by atoms with van der Waals surface area (Å²) in [6.45, 7) is 4.89. The minimum atomic E-state index is -0.948. The number of rotatable bonds is 6. The highest BCUT2D eigenvalue weighted by molar-refractivity contribution is 5.88. The van der Waals surface area contributed by atoms with Crippen molar-refractivity contribution in [1.82, 2.24) is 9.97 Å². The highest BCUT2D eigenvalue weighted by Crippen LogP contribution is 2.18. The largest absolute Gasteiger partial charge is 0.490 e. The summed E-state index contributed by atoms with van der Waals surface area (Å²) in [6.07, 6.45) is 4.33. The van der Waals surface area contributed by atoms with E-state index < -0.39 is 5.97 Å². The van der Waals surface area contributed by atoms with Gasteiger partial charge in [-0.3, -0.25) is 0 Å². The van der Waals surface area contributed by atoms with Gasteiger partial charge in [-0.25, -0.2) is 14.8 Å². The highest BCUT2D eigenvalue weighted by Gasteiger charge is 2.06. The molecule has 0 spiro atoms. The van der Waals surface area contributed by atoms with E-state index in [9.17, 15) is 4.79 Å². The summed E-state index contributed by atoms with van der Waals surface area (Å²) in [5.41, 5.74) is 1.01. The Balaban J connectivity index is 2.06. The van der Waals surface area contributed by atoms with Crippen molar-refractivity contribution in [1.29, 1.82) is 0 Å². The van der Waals surface area contributed by atoms with Gasteiger partial charge in [-0.05, 0) is 18.1 Å². The van der Waals surface area contributed by atoms with Crippen LogP contribution < -0.4 is 4.74 Å². The van der Waals surface area contributed by atoms with E-state index in [4.69, 9.17) is 9.84 Å². The van der Waals surface area contributed by atoms with E-state index in [0.717, 1.165) is 12.0 Å². The molecule has 0 fully saturated rings. The molecule has 0 saturated heterocycles. The average Bonchev–Trinajstić information content (AvgIpc) is 2.53. The summed E-state index contributed by atoms with van der Waals surface area (Å²) < 4.78 is 5.60. The van der Waals surface area contributed by atoms with Crippen LogP contribution in [0.15, 0.2) is 36.7 Å². The Morgan fingerprint density at radius 1 is 1.24 bits per heavy atom. The minimum Gasteiger partial charge on any atom is -0.490 e. The summed E-state index contributed by atoms with van der Waals surface area (Å²) >= 11 is 0. The topological polar surface area (TPSA) is 72.3 Å². The molecule has 5 nitrogen and oxygen atoms in total. The van der Waals surface area contributed by atoms with Crippen molar-refractivity contribution in [2.75, 3.05) is 6.61 Å². The molecule has 1 atom stereocenters. The standard InChI is InChI=1S/C16H18N2O3/c1-3-11(2)10-21-14-8-17-15(18-9-14)12-4-6-13(7-5-12)16(19)20/h4-9,11H,3,10H2,1-2H3,(H,19,20)/t11-/m0/s1. The third kappa shape index (κ3) is 4.02. The number of benzene rings is 1. The summed E-state index contributed by atoms with van der Waals surface area (Å²) in [5, 5.41) is 8.86. The van der Waals surface area contributed by atoms with Crippen molar-refractivity contribution in [3.8, 4) is 17.1 Å². The van der Waals surface area contributed by atoms with E-state index in [-0.39, 0.29) is 5.56 Å². The van der Waals surface area contributed by atoms with Gasteiger partial charge in [-0.1, -0.05) is 32.4 Å². The summed E-state index contributed by atoms with van der Waals surface area (Å²) in [7, 11) is 0. The molecule has 2 aromatic rings. The fourth-order valence-electron chi connectivity index (χ4n) is 1.66. The number of aromatic carboxylic acids is 1. The lowest BCUT2D eigenvalue weighted by molar-refractivity contribution is 0.0697. The summed E-state index contributed by atoms with van der Waals surface area (Å²) in [4.78, 5) is 19.3. The number of carboxylic acids is 1. The van der Waals surface area contributed by atoms with Crippen LogP contribution in [-0.4, -0.2) is 27.7 Å². The van der Waals surface area contributed by atoms with Crippen molar-refractivity contribution in [3.63, 3.8) is 0 Å². The van der Waals surface area contributed by atoms with Crippen LogP contribution in [0.4, 0.5) is 0 Å². The van der Waals surface area contributed by atoms with Crippen LogP contribution >= 0.6 is 0 Å². The molecule has 110 valence electrons. The molecule has 1 N–H and O–H groups in total. The molecule has 0 bridgehead atoms. The number of hydrogen-bond acceptors (Lipinski definition) is 4. The molecule has 21 heavy (non-hydrogen) atoms. The maximum atomic E-state index is 10.8. The van der Waals surface area contributed by atoms with Crippen LogP contribution in [0.25, 0.3) is 11.4 Å². The van der Waals surface area contributed by atoms with E-state index in [0.29, 0.717) is 24.1 Å². The van der Waals surface area contributed by atoms with Gasteiger partial charge in [0, 0.05) is 5.56 Å². The predicted molar refractivity (Wildman–Crippen MR) is 79.4 cm³/mol. The van der Waals surface area contributed by atoms with Gasteiger partial charge in [-0.15, -0.1) is 0 Å². The fraction of sp³-hybridized carbons (Fsp3) is 0.312. The Morgan fingerprint density at radius 2 is 1.86 bits per heavy atom. The smallest absolute Gasteiger partial charge is 0.335 e. The van der Waals surface area contributed by atoms with Gasteiger partial charge < -0.3 is 9.84 Å². The Kier molecular flexibility index (Phi) is 4.87. The summed E-state index contributed by atoms with van der Waals surface area (Å²) in [5.74, 6) is 0.730. The number of aromatic nitrogens is 2. The third-order valence-corrected chi connectivity index (χ3v) is 3.25. The first-order chi connectivity index (χ1) is 10.1. The molecule has 0 aliphatic heterocycles. The van der Waals surface area contributed by atoms with E-state index in [1.165, 1.54) is 12.1 Å². The number of carbonyl (C=O) groups is 1. The van der Waals surface area contributed by atoms with Crippen LogP contribution in [0.1, 0.15) is 30.6 Å². The highest BCUT2D eigenvalue weighted by atomic mass is 16.5. The zero-order valence-electron chi connectivity index (χ0n) is 12.1. The first kappa shape index (κ1) is 15.0. The van der Waals surface area contributed by atoms with Gasteiger partial charge in [0.05, 0.1) is 24.6 Å². The minimum absolute atomic E-state index is 0.243. The molecule has 0 radical (unpaired) electrons. The third-order valence-electron chi connectivity index (χ3n) is 3.25. The van der Waals surface area contributed by atoms with Gasteiger partial charge in [0.25, 0.3) is 0 Å². The van der Waals surface area contributed by atoms with Gasteiger partial charge in [-0.2, -0.15) is 0 Å². The molecular weight excluding hydrogens is 268 g/mol. The van der Waals surface area contributed by atoms with Gasteiger partial charge in [0.1, 0.15) is 0 Å². The molecule has 2 rings (SSSR count). The molecule has 0 aliphatic carbocycles. The molecule has 0 amide bonds. The van der Waals surface area contributed by atoms with Gasteiger partial charge in [0.15, 0.2) is 11.6 Å². The first-order valence-corrected chi connectivity index (χ1v) is 6.88. The molecule has 0 unspecified atom stereocenters. The zero-order chi connectivity index (χ0) is 15.2. The van der Waals surface area contributed by atoms with E-state index in [1.54, 1.807) is 24.5 Å². The Bertz CT molecular complexity index is 594. The Hall–Kier alpha value is -2.43. The molecule has 5 heteroatoms. The maximum Gasteiger partial charge on any atom is 0.335 e. The second-order valence-electron chi connectivity index (χ2n) is 4.95. The lowest BCUT2D eigenvalue weighted by Gasteiger charge is -2.10. The summed E-state index contributed by atoms with van der Waals surface area (Å²) in [6, 6.07) is 6.46. The number of nitrogens with zero attached hydrogens (tertiary/aromatic N) is 2. The quantitative estimate of drug-likeness (QED) is 0.882. The SMILES string of the molecule is CC[C@H](C)COc1cnc(-c2ccc(C(=O)O)cc2)nc1. The predicted octanol–water partition coefficient (Wildman–Crippen LogP) is 3.27. The maximum absolute atomic E-state index is 10.8. The van der Waals surface area contributed by atoms with Gasteiger partial charge >= 0.3 is 5.97 Å².